The van der Waals surface area contributed by atoms with E-state index in [1.165, 1.54) is 161 Å². The number of rotatable bonds is 60. The molecular formula is C69H128N2O7P+. The topological polar surface area (TPSA) is 111 Å². The molecule has 3 unspecified atom stereocenters. The Morgan fingerprint density at radius 2 is 0.810 bits per heavy atom. The molecule has 460 valence electrons. The van der Waals surface area contributed by atoms with E-state index >= 15 is 0 Å². The van der Waals surface area contributed by atoms with Gasteiger partial charge in [-0.05, 0) is 76.7 Å². The van der Waals surface area contributed by atoms with Crippen molar-refractivity contribution in [2.75, 3.05) is 40.9 Å². The highest BCUT2D eigenvalue weighted by molar-refractivity contribution is 7.47. The predicted molar refractivity (Wildman–Crippen MR) is 341 cm³/mol. The van der Waals surface area contributed by atoms with E-state index in [1.54, 1.807) is 0 Å². The number of nitrogens with zero attached hydrogens (tertiary/aromatic N) is 1. The number of likely N-dealkylation sites (N-methyl/N-ethyl adjacent to an activating group) is 1. The van der Waals surface area contributed by atoms with Crippen molar-refractivity contribution >= 4 is 19.7 Å². The summed E-state index contributed by atoms with van der Waals surface area (Å²) in [4.78, 5) is 37.8. The third-order valence-corrected chi connectivity index (χ3v) is 15.6. The molecule has 0 aromatic heterocycles. The van der Waals surface area contributed by atoms with Gasteiger partial charge in [-0.3, -0.25) is 18.6 Å². The van der Waals surface area contributed by atoms with Gasteiger partial charge in [-0.25, -0.2) is 4.57 Å². The van der Waals surface area contributed by atoms with Crippen LogP contribution < -0.4 is 5.32 Å². The van der Waals surface area contributed by atoms with Gasteiger partial charge in [-0.15, -0.1) is 0 Å². The molecule has 0 aliphatic rings. The lowest BCUT2D eigenvalue weighted by atomic mass is 10.0. The second-order valence-electron chi connectivity index (χ2n) is 23.6. The van der Waals surface area contributed by atoms with Gasteiger partial charge in [-0.1, -0.05) is 287 Å². The summed E-state index contributed by atoms with van der Waals surface area (Å²) in [5.41, 5.74) is 0. The number of phosphoric ester groups is 1. The Bertz CT molecular complexity index is 1580. The van der Waals surface area contributed by atoms with Crippen LogP contribution in [0.15, 0.2) is 72.9 Å². The smallest absolute Gasteiger partial charge is 0.456 e. The molecule has 0 aliphatic heterocycles. The molecule has 1 amide bonds. The first-order valence-corrected chi connectivity index (χ1v) is 34.8. The Hall–Kier alpha value is -2.55. The first-order valence-electron chi connectivity index (χ1n) is 33.3. The second-order valence-corrected chi connectivity index (χ2v) is 25.1. The molecule has 0 rings (SSSR count). The molecule has 0 bridgehead atoms. The highest BCUT2D eigenvalue weighted by Gasteiger charge is 2.30. The molecule has 0 heterocycles. The van der Waals surface area contributed by atoms with Gasteiger partial charge in [0.05, 0.1) is 33.8 Å². The molecular weight excluding hydrogens is 1000 g/mol. The van der Waals surface area contributed by atoms with Crippen LogP contribution in [0.4, 0.5) is 0 Å². The largest absolute Gasteiger partial charge is 0.472 e. The second kappa shape index (κ2) is 58.6. The molecule has 0 fully saturated rings. The minimum absolute atomic E-state index is 0.0361. The molecule has 0 aromatic rings. The van der Waals surface area contributed by atoms with Crippen LogP contribution in [0.3, 0.4) is 0 Å². The number of quaternary nitrogens is 1. The Morgan fingerprint density at radius 3 is 1.22 bits per heavy atom. The fourth-order valence-electron chi connectivity index (χ4n) is 9.56. The number of amides is 1. The molecule has 79 heavy (non-hydrogen) atoms. The summed E-state index contributed by atoms with van der Waals surface area (Å²) in [6.45, 7) is 6.92. The number of carbonyl (C=O) groups excluding carboxylic acids is 2. The van der Waals surface area contributed by atoms with E-state index in [-0.39, 0.29) is 31.5 Å². The van der Waals surface area contributed by atoms with Gasteiger partial charge in [0.15, 0.2) is 0 Å². The number of hydrogen-bond donors (Lipinski definition) is 2. The number of ether oxygens (including phenoxy) is 1. The highest BCUT2D eigenvalue weighted by Crippen LogP contribution is 2.43. The maximum atomic E-state index is 13.6. The summed E-state index contributed by atoms with van der Waals surface area (Å²) in [5.74, 6) is -0.517. The fraction of sp³-hybridized carbons (Fsp3) is 0.797. The predicted octanol–water partition coefficient (Wildman–Crippen LogP) is 20.8. The van der Waals surface area contributed by atoms with Crippen LogP contribution in [0.2, 0.25) is 0 Å². The number of esters is 1. The van der Waals surface area contributed by atoms with Crippen molar-refractivity contribution < 1.29 is 37.3 Å². The maximum Gasteiger partial charge on any atom is 0.472 e. The molecule has 0 aliphatic carbocycles. The van der Waals surface area contributed by atoms with Crippen molar-refractivity contribution in [3.8, 4) is 0 Å². The molecule has 9 nitrogen and oxygen atoms in total. The van der Waals surface area contributed by atoms with Crippen LogP contribution in [-0.2, 0) is 27.9 Å². The minimum Gasteiger partial charge on any atom is -0.456 e. The molecule has 0 spiro atoms. The Kier molecular flexibility index (Phi) is 56.7. The van der Waals surface area contributed by atoms with Gasteiger partial charge in [0.1, 0.15) is 19.3 Å². The number of nitrogens with one attached hydrogen (secondary N) is 1. The molecule has 0 radical (unpaired) electrons. The first kappa shape index (κ1) is 76.5. The fourth-order valence-corrected chi connectivity index (χ4v) is 10.3. The van der Waals surface area contributed by atoms with E-state index in [2.05, 4.69) is 86.8 Å². The normalized spacial score (nSPS) is 14.1. The van der Waals surface area contributed by atoms with E-state index in [0.717, 1.165) is 103 Å². The van der Waals surface area contributed by atoms with Gasteiger partial charge < -0.3 is 19.4 Å². The van der Waals surface area contributed by atoms with Gasteiger partial charge in [0.2, 0.25) is 5.91 Å². The number of carbonyl (C=O) groups is 2. The number of allylic oxidation sites excluding steroid dienone is 11. The molecule has 3 atom stereocenters. The lowest BCUT2D eigenvalue weighted by Gasteiger charge is -2.27. The van der Waals surface area contributed by atoms with E-state index in [9.17, 15) is 19.0 Å². The van der Waals surface area contributed by atoms with Gasteiger partial charge in [0.25, 0.3) is 0 Å². The van der Waals surface area contributed by atoms with Gasteiger partial charge in [0, 0.05) is 12.8 Å². The zero-order valence-electron chi connectivity index (χ0n) is 52.6. The monoisotopic (exact) mass is 1130 g/mol. The minimum atomic E-state index is -4.46. The number of phosphoric acid groups is 1. The van der Waals surface area contributed by atoms with Crippen LogP contribution in [0.5, 0.6) is 0 Å². The van der Waals surface area contributed by atoms with Crippen molar-refractivity contribution in [2.45, 2.75) is 315 Å². The molecule has 10 heteroatoms. The third-order valence-electron chi connectivity index (χ3n) is 14.7. The van der Waals surface area contributed by atoms with Crippen molar-refractivity contribution in [1.29, 1.82) is 0 Å². The van der Waals surface area contributed by atoms with Crippen molar-refractivity contribution in [2.24, 2.45) is 0 Å². The van der Waals surface area contributed by atoms with Gasteiger partial charge >= 0.3 is 13.8 Å². The lowest BCUT2D eigenvalue weighted by molar-refractivity contribution is -0.870. The molecule has 0 saturated carbocycles. The first-order chi connectivity index (χ1) is 38.4. The Morgan fingerprint density at radius 1 is 0.456 bits per heavy atom. The zero-order chi connectivity index (χ0) is 57.9. The highest BCUT2D eigenvalue weighted by atomic mass is 31.2. The zero-order valence-corrected chi connectivity index (χ0v) is 53.5. The summed E-state index contributed by atoms with van der Waals surface area (Å²) in [5, 5.41) is 3.06. The van der Waals surface area contributed by atoms with E-state index < -0.39 is 20.0 Å². The summed E-state index contributed by atoms with van der Waals surface area (Å²) in [6.07, 6.45) is 76.1. The van der Waals surface area contributed by atoms with Crippen molar-refractivity contribution in [3.05, 3.63) is 72.9 Å². The van der Waals surface area contributed by atoms with Crippen molar-refractivity contribution in [1.82, 2.24) is 5.32 Å². The third kappa shape index (κ3) is 59.9. The van der Waals surface area contributed by atoms with E-state index in [0.29, 0.717) is 23.9 Å². The number of unbranched alkanes of at least 4 members (excludes halogenated alkanes) is 34. The van der Waals surface area contributed by atoms with Crippen LogP contribution in [-0.4, -0.2) is 74.3 Å². The summed E-state index contributed by atoms with van der Waals surface area (Å²) < 4.78 is 30.8. The van der Waals surface area contributed by atoms with Crippen LogP contribution in [0.1, 0.15) is 303 Å². The summed E-state index contributed by atoms with van der Waals surface area (Å²) in [6, 6.07) is -0.858. The average Bonchev–Trinajstić information content (AvgIpc) is 3.41. The maximum absolute atomic E-state index is 13.6. The lowest BCUT2D eigenvalue weighted by Crippen LogP contribution is -2.47. The Balaban J connectivity index is 5.24. The SMILES string of the molecule is CC/C=C\C/C=C\C/C=C\C/C=C\C/C=C\CCCCCCCC(=O)OC(/C=C/CCCCCCCCCCCCC)C(COP(=O)(O)OCC[N+](C)(C)C)NC(=O)CCCCCCCCCCCCCCCCCCCCC. The standard InChI is InChI=1S/C69H127N2O7P/c1-7-10-13-16-19-22-25-28-30-32-34-35-37-39-41-44-47-50-53-56-59-62-69(73)78-67(60-57-54-51-48-45-42-27-24-21-18-15-12-9-3)66(65-77-79(74,75)76-64-63-71(4,5)6)70-68(72)61-58-55-52-49-46-43-40-38-36-33-31-29-26-23-20-17-14-11-8-2/h10,13,19,22,28,30,34-35,39,41,57,60,66-67H,7-9,11-12,14-18,20-21,23-27,29,31-33,36-38,40,42-56,58-59,61-65H2,1-6H3,(H-,70,72,74,75)/p+1/b13-10-,22-19-,30-28-,35-34-,41-39-,60-57+. The van der Waals surface area contributed by atoms with E-state index in [4.69, 9.17) is 13.8 Å². The average molecular weight is 1130 g/mol. The molecule has 0 aromatic carbocycles. The summed E-state index contributed by atoms with van der Waals surface area (Å²) >= 11 is 0. The quantitative estimate of drug-likeness (QED) is 0.0205. The molecule has 0 saturated heterocycles. The van der Waals surface area contributed by atoms with Crippen molar-refractivity contribution in [3.63, 3.8) is 0 Å². The van der Waals surface area contributed by atoms with Crippen LogP contribution in [0.25, 0.3) is 0 Å². The molecule has 2 N–H and O–H groups in total. The van der Waals surface area contributed by atoms with E-state index in [1.807, 2.05) is 33.3 Å². The van der Waals surface area contributed by atoms with Crippen LogP contribution >= 0.6 is 7.82 Å². The van der Waals surface area contributed by atoms with Crippen LogP contribution in [0, 0.1) is 0 Å². The van der Waals surface area contributed by atoms with Gasteiger partial charge in [-0.2, -0.15) is 0 Å². The number of hydrogen-bond acceptors (Lipinski definition) is 6. The Labute approximate surface area is 489 Å². The summed E-state index contributed by atoms with van der Waals surface area (Å²) in [7, 11) is 1.49.